The fourth-order valence-corrected chi connectivity index (χ4v) is 1.45. The third-order valence-electron chi connectivity index (χ3n) is 1.59. The first-order valence-corrected chi connectivity index (χ1v) is 5.07. The van der Waals surface area contributed by atoms with Crippen LogP contribution in [0.2, 0.25) is 0 Å². The van der Waals surface area contributed by atoms with Crippen molar-refractivity contribution in [3.8, 4) is 0 Å². The van der Waals surface area contributed by atoms with Gasteiger partial charge in [0.15, 0.2) is 5.17 Å². The number of nitrogens with zero attached hydrogens (tertiary/aromatic N) is 3. The lowest BCUT2D eigenvalue weighted by atomic mass is 10.5. The number of hydrazone groups is 1. The molecule has 1 heterocycles. The number of halogens is 2. The Hall–Kier alpha value is -0.970. The lowest BCUT2D eigenvalue weighted by molar-refractivity contribution is -0.0394. The van der Waals surface area contributed by atoms with E-state index >= 15 is 0 Å². The highest BCUT2D eigenvalue weighted by molar-refractivity contribution is 6.69. The van der Waals surface area contributed by atoms with E-state index in [-0.39, 0.29) is 0 Å². The lowest BCUT2D eigenvalue weighted by Crippen LogP contribution is -2.48. The van der Waals surface area contributed by atoms with Crippen LogP contribution in [0.1, 0.15) is 0 Å². The zero-order valence-electron chi connectivity index (χ0n) is 8.16. The number of allylic oxidation sites excluding steroid dienone is 1. The summed E-state index contributed by atoms with van der Waals surface area (Å²) in [4.78, 5) is 0. The summed E-state index contributed by atoms with van der Waals surface area (Å²) in [5.41, 5.74) is 2.83. The highest BCUT2D eigenvalue weighted by Gasteiger charge is 2.15. The smallest absolute Gasteiger partial charge is 0.155 e. The molecule has 82 valence electrons. The molecule has 0 bridgehead atoms. The molecule has 1 rings (SSSR count). The van der Waals surface area contributed by atoms with Gasteiger partial charge in [0.1, 0.15) is 5.16 Å². The number of hydrogen-bond donors (Lipinski definition) is 1. The molecule has 0 atom stereocenters. The van der Waals surface area contributed by atoms with E-state index in [1.54, 1.807) is 12.2 Å². The van der Waals surface area contributed by atoms with Crippen LogP contribution in [0.25, 0.3) is 0 Å². The second-order valence-corrected chi connectivity index (χ2v) is 3.56. The highest BCUT2D eigenvalue weighted by Crippen LogP contribution is 2.10. The maximum absolute atomic E-state index is 5.82. The summed E-state index contributed by atoms with van der Waals surface area (Å²) in [6.45, 7) is 8.53. The van der Waals surface area contributed by atoms with Gasteiger partial charge in [-0.1, -0.05) is 35.4 Å². The average molecular weight is 247 g/mol. The van der Waals surface area contributed by atoms with Crippen molar-refractivity contribution in [3.05, 3.63) is 36.5 Å². The molecule has 0 aromatic rings. The average Bonchev–Trinajstić information content (AvgIpc) is 2.16. The minimum absolute atomic E-state index is 0.317. The zero-order valence-corrected chi connectivity index (χ0v) is 9.67. The van der Waals surface area contributed by atoms with Crippen LogP contribution >= 0.6 is 23.2 Å². The molecule has 0 radical (unpaired) electrons. The van der Waals surface area contributed by atoms with Gasteiger partial charge in [-0.3, -0.25) is 5.43 Å². The molecule has 0 unspecified atom stereocenters. The summed E-state index contributed by atoms with van der Waals surface area (Å²) in [5.74, 6) is 0. The van der Waals surface area contributed by atoms with Crippen molar-refractivity contribution in [2.24, 2.45) is 5.10 Å². The Morgan fingerprint density at radius 1 is 1.40 bits per heavy atom. The summed E-state index contributed by atoms with van der Waals surface area (Å²) >= 11 is 11.6. The number of nitrogens with one attached hydrogen (secondary N) is 1. The van der Waals surface area contributed by atoms with Gasteiger partial charge in [0.25, 0.3) is 0 Å². The predicted octanol–water partition coefficient (Wildman–Crippen LogP) is 2.03. The van der Waals surface area contributed by atoms with E-state index in [4.69, 9.17) is 23.2 Å². The van der Waals surface area contributed by atoms with E-state index in [2.05, 4.69) is 23.7 Å². The van der Waals surface area contributed by atoms with Crippen molar-refractivity contribution in [1.82, 2.24) is 15.7 Å². The second kappa shape index (κ2) is 5.80. The zero-order chi connectivity index (χ0) is 11.3. The van der Waals surface area contributed by atoms with Gasteiger partial charge < -0.3 is 0 Å². The monoisotopic (exact) mass is 246 g/mol. The van der Waals surface area contributed by atoms with Gasteiger partial charge in [-0.2, -0.15) is 5.01 Å². The molecule has 0 amide bonds. The van der Waals surface area contributed by atoms with Crippen LogP contribution in [0.4, 0.5) is 0 Å². The molecule has 1 aliphatic rings. The minimum Gasteiger partial charge on any atom is -0.256 e. The molecule has 15 heavy (non-hydrogen) atoms. The van der Waals surface area contributed by atoms with Gasteiger partial charge >= 0.3 is 0 Å². The molecule has 1 aliphatic heterocycles. The molecular weight excluding hydrogens is 235 g/mol. The maximum Gasteiger partial charge on any atom is 0.155 e. The fourth-order valence-electron chi connectivity index (χ4n) is 1.04. The van der Waals surface area contributed by atoms with Crippen molar-refractivity contribution in [2.75, 3.05) is 13.1 Å². The summed E-state index contributed by atoms with van der Waals surface area (Å²) in [6, 6.07) is 0. The molecule has 6 heteroatoms. The molecule has 0 aromatic carbocycles. The molecule has 0 saturated heterocycles. The minimum atomic E-state index is 0.317. The molecule has 0 saturated carbocycles. The first-order chi connectivity index (χ1) is 7.17. The summed E-state index contributed by atoms with van der Waals surface area (Å²) in [7, 11) is 0. The SMILES string of the molecule is C=CCN(CC=C)N1N=C(Cl)C=C(Cl)N1. The van der Waals surface area contributed by atoms with Gasteiger partial charge in [-0.05, 0) is 0 Å². The molecular formula is C9H12Cl2N4. The maximum atomic E-state index is 5.82. The van der Waals surface area contributed by atoms with Crippen LogP contribution in [-0.4, -0.2) is 28.5 Å². The Morgan fingerprint density at radius 2 is 2.00 bits per heavy atom. The van der Waals surface area contributed by atoms with E-state index in [0.29, 0.717) is 23.4 Å². The Balaban J connectivity index is 2.72. The topological polar surface area (TPSA) is 30.9 Å². The number of hydrazine groups is 2. The van der Waals surface area contributed by atoms with E-state index in [1.807, 2.05) is 5.01 Å². The van der Waals surface area contributed by atoms with E-state index < -0.39 is 0 Å². The Labute approximate surface area is 99.1 Å². The second-order valence-electron chi connectivity index (χ2n) is 2.77. The third kappa shape index (κ3) is 3.58. The van der Waals surface area contributed by atoms with E-state index in [1.165, 1.54) is 11.3 Å². The number of hydrogen-bond acceptors (Lipinski definition) is 4. The van der Waals surface area contributed by atoms with Crippen LogP contribution in [0.15, 0.2) is 41.6 Å². The van der Waals surface area contributed by atoms with Gasteiger partial charge in [-0.25, -0.2) is 0 Å². The van der Waals surface area contributed by atoms with Crippen LogP contribution in [0, 0.1) is 0 Å². The molecule has 1 N–H and O–H groups in total. The quantitative estimate of drug-likeness (QED) is 0.595. The standard InChI is InChI=1S/C9H12Cl2N4/c1-3-5-14(6-4-2)15-12-8(10)7-9(11)13-15/h3-4,7,12H,1-2,5-6H2. The highest BCUT2D eigenvalue weighted by atomic mass is 35.5. The number of rotatable bonds is 5. The normalized spacial score (nSPS) is 15.5. The van der Waals surface area contributed by atoms with Gasteiger partial charge in [-0.15, -0.1) is 23.5 Å². The Morgan fingerprint density at radius 3 is 2.47 bits per heavy atom. The van der Waals surface area contributed by atoms with E-state index in [9.17, 15) is 0 Å². The Bertz CT molecular complexity index is 301. The summed E-state index contributed by atoms with van der Waals surface area (Å²) < 4.78 is 0. The van der Waals surface area contributed by atoms with Crippen LogP contribution in [-0.2, 0) is 0 Å². The van der Waals surface area contributed by atoms with Crippen LogP contribution in [0.5, 0.6) is 0 Å². The largest absolute Gasteiger partial charge is 0.256 e. The predicted molar refractivity (Wildman–Crippen MR) is 64.2 cm³/mol. The first kappa shape index (κ1) is 12.1. The van der Waals surface area contributed by atoms with Crippen molar-refractivity contribution in [3.63, 3.8) is 0 Å². The fraction of sp³-hybridized carbons (Fsp3) is 0.222. The molecule has 0 aromatic heterocycles. The molecule has 4 nitrogen and oxygen atoms in total. The van der Waals surface area contributed by atoms with E-state index in [0.717, 1.165) is 0 Å². The van der Waals surface area contributed by atoms with Crippen molar-refractivity contribution in [1.29, 1.82) is 0 Å². The Kier molecular flexibility index (Phi) is 4.68. The van der Waals surface area contributed by atoms with Crippen LogP contribution in [0.3, 0.4) is 0 Å². The molecule has 0 aliphatic carbocycles. The molecule has 0 fully saturated rings. The molecule has 0 spiro atoms. The third-order valence-corrected chi connectivity index (χ3v) is 1.97. The van der Waals surface area contributed by atoms with Crippen LogP contribution < -0.4 is 5.43 Å². The lowest BCUT2D eigenvalue weighted by Gasteiger charge is -2.32. The van der Waals surface area contributed by atoms with Crippen molar-refractivity contribution < 1.29 is 0 Å². The van der Waals surface area contributed by atoms with Gasteiger partial charge in [0, 0.05) is 19.2 Å². The summed E-state index contributed by atoms with van der Waals surface area (Å²) in [6.07, 6.45) is 5.03. The summed E-state index contributed by atoms with van der Waals surface area (Å²) in [5, 5.41) is 8.07. The first-order valence-electron chi connectivity index (χ1n) is 4.32. The van der Waals surface area contributed by atoms with Crippen molar-refractivity contribution >= 4 is 28.4 Å². The van der Waals surface area contributed by atoms with Gasteiger partial charge in [0.2, 0.25) is 0 Å². The van der Waals surface area contributed by atoms with Gasteiger partial charge in [0.05, 0.1) is 0 Å². The van der Waals surface area contributed by atoms with Crippen molar-refractivity contribution in [2.45, 2.75) is 0 Å².